The molecule has 0 saturated heterocycles. The third-order valence-electron chi connectivity index (χ3n) is 4.57. The average molecular weight is 439 g/mol. The molecular formula is C23H19ClN2O5. The van der Waals surface area contributed by atoms with Crippen LogP contribution in [0.4, 0.5) is 5.69 Å². The van der Waals surface area contributed by atoms with Crippen LogP contribution >= 0.6 is 11.6 Å². The Kier molecular flexibility index (Phi) is 5.95. The van der Waals surface area contributed by atoms with E-state index in [0.717, 1.165) is 0 Å². The zero-order chi connectivity index (χ0) is 21.8. The van der Waals surface area contributed by atoms with Crippen LogP contribution in [-0.4, -0.2) is 20.1 Å². The molecule has 1 N–H and O–H groups in total. The molecule has 4 rings (SSSR count). The number of furan rings is 1. The van der Waals surface area contributed by atoms with E-state index in [1.807, 2.05) is 0 Å². The van der Waals surface area contributed by atoms with Crippen molar-refractivity contribution >= 4 is 34.2 Å². The van der Waals surface area contributed by atoms with Crippen LogP contribution in [0.3, 0.4) is 0 Å². The van der Waals surface area contributed by atoms with Crippen molar-refractivity contribution in [1.82, 2.24) is 5.32 Å². The van der Waals surface area contributed by atoms with Crippen LogP contribution in [-0.2, 0) is 6.54 Å². The van der Waals surface area contributed by atoms with Gasteiger partial charge in [0.2, 0.25) is 5.55 Å². The number of hydrogen-bond acceptors (Lipinski definition) is 6. The molecule has 4 aromatic rings. The minimum atomic E-state index is -0.367. The van der Waals surface area contributed by atoms with Crippen LogP contribution in [0.15, 0.2) is 74.7 Å². The molecule has 0 aliphatic carbocycles. The zero-order valence-corrected chi connectivity index (χ0v) is 17.6. The smallest absolute Gasteiger partial charge is 0.257 e. The van der Waals surface area contributed by atoms with Gasteiger partial charge < -0.3 is 23.6 Å². The quantitative estimate of drug-likeness (QED) is 0.464. The lowest BCUT2D eigenvalue weighted by Gasteiger charge is -2.08. The van der Waals surface area contributed by atoms with Gasteiger partial charge in [-0.1, -0.05) is 11.6 Å². The number of halogens is 1. The van der Waals surface area contributed by atoms with Gasteiger partial charge in [0.15, 0.2) is 0 Å². The Hall–Kier alpha value is -3.71. The molecule has 31 heavy (non-hydrogen) atoms. The third kappa shape index (κ3) is 4.57. The number of hydrogen-bond donors (Lipinski definition) is 1. The summed E-state index contributed by atoms with van der Waals surface area (Å²) >= 11 is 6.11. The molecule has 0 bridgehead atoms. The molecule has 2 aromatic carbocycles. The molecule has 0 unspecified atom stereocenters. The maximum atomic E-state index is 13.0. The predicted octanol–water partition coefficient (Wildman–Crippen LogP) is 4.86. The molecule has 0 atom stereocenters. The average Bonchev–Trinajstić information content (AvgIpc) is 3.31. The summed E-state index contributed by atoms with van der Waals surface area (Å²) in [7, 11) is 3.10. The van der Waals surface area contributed by atoms with E-state index in [9.17, 15) is 4.79 Å². The van der Waals surface area contributed by atoms with E-state index in [2.05, 4.69) is 10.3 Å². The van der Waals surface area contributed by atoms with Crippen molar-refractivity contribution < 1.29 is 23.1 Å². The fraction of sp³-hybridized carbons (Fsp3) is 0.130. The molecule has 2 heterocycles. The maximum Gasteiger partial charge on any atom is 0.257 e. The van der Waals surface area contributed by atoms with Crippen LogP contribution in [0.5, 0.6) is 11.5 Å². The Balaban J connectivity index is 1.82. The molecule has 2 aromatic heterocycles. The SMILES string of the molecule is COc1ccc(N=c2oc3ccc(Cl)cc3cc2C(=O)NCc2ccco2)c(OC)c1. The molecule has 0 aliphatic rings. The maximum absolute atomic E-state index is 13.0. The molecule has 0 aliphatic heterocycles. The Morgan fingerprint density at radius 1 is 1.10 bits per heavy atom. The Labute approximate surface area is 182 Å². The first kappa shape index (κ1) is 20.6. The van der Waals surface area contributed by atoms with Gasteiger partial charge in [-0.05, 0) is 48.5 Å². The lowest BCUT2D eigenvalue weighted by Crippen LogP contribution is -2.28. The van der Waals surface area contributed by atoms with Gasteiger partial charge in [0, 0.05) is 16.5 Å². The van der Waals surface area contributed by atoms with E-state index in [1.165, 1.54) is 7.11 Å². The van der Waals surface area contributed by atoms with Crippen molar-refractivity contribution in [2.24, 2.45) is 4.99 Å². The highest BCUT2D eigenvalue weighted by Crippen LogP contribution is 2.31. The lowest BCUT2D eigenvalue weighted by molar-refractivity contribution is 0.0944. The summed E-state index contributed by atoms with van der Waals surface area (Å²) in [4.78, 5) is 17.5. The number of rotatable bonds is 6. The highest BCUT2D eigenvalue weighted by molar-refractivity contribution is 6.31. The van der Waals surface area contributed by atoms with Crippen LogP contribution < -0.4 is 20.3 Å². The van der Waals surface area contributed by atoms with E-state index in [-0.39, 0.29) is 23.6 Å². The standard InChI is InChI=1S/C23H19ClN2O5/c1-28-16-6-7-19(21(12-16)29-2)26-23-18(22(27)25-13-17-4-3-9-30-17)11-14-10-15(24)5-8-20(14)31-23/h3-12H,13H2,1-2H3,(H,25,27). The van der Waals surface area contributed by atoms with Gasteiger partial charge >= 0.3 is 0 Å². The van der Waals surface area contributed by atoms with E-state index in [4.69, 9.17) is 29.9 Å². The molecule has 7 nitrogen and oxygen atoms in total. The molecule has 8 heteroatoms. The van der Waals surface area contributed by atoms with E-state index in [0.29, 0.717) is 38.9 Å². The number of fused-ring (bicyclic) bond motifs is 1. The lowest BCUT2D eigenvalue weighted by atomic mass is 10.1. The molecular weight excluding hydrogens is 420 g/mol. The van der Waals surface area contributed by atoms with Crippen LogP contribution in [0, 0.1) is 0 Å². The number of carbonyl (C=O) groups excluding carboxylic acids is 1. The second-order valence-electron chi connectivity index (χ2n) is 6.56. The number of carbonyl (C=O) groups is 1. The van der Waals surface area contributed by atoms with Crippen LogP contribution in [0.25, 0.3) is 11.0 Å². The van der Waals surface area contributed by atoms with Crippen molar-refractivity contribution in [2.75, 3.05) is 14.2 Å². The summed E-state index contributed by atoms with van der Waals surface area (Å²) in [6.45, 7) is 0.227. The number of benzene rings is 2. The van der Waals surface area contributed by atoms with Crippen LogP contribution in [0.2, 0.25) is 5.02 Å². The van der Waals surface area contributed by atoms with Crippen LogP contribution in [0.1, 0.15) is 16.1 Å². The molecule has 0 fully saturated rings. The minimum absolute atomic E-state index is 0.134. The minimum Gasteiger partial charge on any atom is -0.497 e. The first-order valence-electron chi connectivity index (χ1n) is 9.38. The monoisotopic (exact) mass is 438 g/mol. The highest BCUT2D eigenvalue weighted by atomic mass is 35.5. The summed E-state index contributed by atoms with van der Waals surface area (Å²) in [5, 5.41) is 4.03. The fourth-order valence-electron chi connectivity index (χ4n) is 3.01. The van der Waals surface area contributed by atoms with Crippen molar-refractivity contribution in [3.05, 3.63) is 82.8 Å². The van der Waals surface area contributed by atoms with E-state index < -0.39 is 0 Å². The number of ether oxygens (including phenoxy) is 2. The molecule has 0 saturated carbocycles. The van der Waals surface area contributed by atoms with Gasteiger partial charge in [0.25, 0.3) is 5.91 Å². The highest BCUT2D eigenvalue weighted by Gasteiger charge is 2.14. The third-order valence-corrected chi connectivity index (χ3v) is 4.80. The predicted molar refractivity (Wildman–Crippen MR) is 116 cm³/mol. The second-order valence-corrected chi connectivity index (χ2v) is 7.00. The van der Waals surface area contributed by atoms with Gasteiger partial charge in [-0.25, -0.2) is 4.99 Å². The summed E-state index contributed by atoms with van der Waals surface area (Å²) in [5.74, 6) is 1.36. The van der Waals surface area contributed by atoms with Crippen molar-refractivity contribution in [2.45, 2.75) is 6.54 Å². The van der Waals surface area contributed by atoms with Gasteiger partial charge in [-0.3, -0.25) is 4.79 Å². The molecule has 0 spiro atoms. The largest absolute Gasteiger partial charge is 0.497 e. The Morgan fingerprint density at radius 2 is 1.97 bits per heavy atom. The first-order valence-corrected chi connectivity index (χ1v) is 9.76. The van der Waals surface area contributed by atoms with E-state index >= 15 is 0 Å². The molecule has 0 radical (unpaired) electrons. The van der Waals surface area contributed by atoms with Gasteiger partial charge in [0.1, 0.15) is 34.1 Å². The summed E-state index contributed by atoms with van der Waals surface area (Å²) in [6.07, 6.45) is 1.55. The summed E-state index contributed by atoms with van der Waals surface area (Å²) < 4.78 is 21.9. The fourth-order valence-corrected chi connectivity index (χ4v) is 3.19. The van der Waals surface area contributed by atoms with E-state index in [1.54, 1.807) is 68.0 Å². The summed E-state index contributed by atoms with van der Waals surface area (Å²) in [5.41, 5.74) is 1.41. The first-order chi connectivity index (χ1) is 15.1. The Bertz CT molecular complexity index is 1300. The van der Waals surface area contributed by atoms with Gasteiger partial charge in [0.05, 0.1) is 27.0 Å². The van der Waals surface area contributed by atoms with Crippen molar-refractivity contribution in [3.63, 3.8) is 0 Å². The molecule has 1 amide bonds. The second kappa shape index (κ2) is 8.97. The number of methoxy groups -OCH3 is 2. The topological polar surface area (TPSA) is 86.2 Å². The molecule has 158 valence electrons. The Morgan fingerprint density at radius 3 is 2.71 bits per heavy atom. The van der Waals surface area contributed by atoms with Crippen molar-refractivity contribution in [1.29, 1.82) is 0 Å². The normalized spacial score (nSPS) is 11.5. The van der Waals surface area contributed by atoms with Crippen molar-refractivity contribution in [3.8, 4) is 11.5 Å². The number of amides is 1. The van der Waals surface area contributed by atoms with Gasteiger partial charge in [-0.15, -0.1) is 0 Å². The number of nitrogens with zero attached hydrogens (tertiary/aromatic N) is 1. The number of nitrogens with one attached hydrogen (secondary N) is 1. The van der Waals surface area contributed by atoms with Gasteiger partial charge in [-0.2, -0.15) is 0 Å². The zero-order valence-electron chi connectivity index (χ0n) is 16.8. The summed E-state index contributed by atoms with van der Waals surface area (Å²) in [6, 6.07) is 15.6.